The molecule has 0 aliphatic heterocycles. The molecule has 8 nitrogen and oxygen atoms in total. The van der Waals surface area contributed by atoms with Crippen LogP contribution in [0.1, 0.15) is 61.8 Å². The van der Waals surface area contributed by atoms with Gasteiger partial charge in [-0.2, -0.15) is 0 Å². The Labute approximate surface area is 204 Å². The monoisotopic (exact) mass is 481 g/mol. The number of carbonyl (C=O) groups excluding carboxylic acids is 2. The van der Waals surface area contributed by atoms with E-state index in [1.54, 1.807) is 36.0 Å². The smallest absolute Gasteiger partial charge is 0.307 e. The predicted molar refractivity (Wildman–Crippen MR) is 132 cm³/mol. The first kappa shape index (κ1) is 25.9. The number of nitrogens with one attached hydrogen (secondary N) is 2. The molecular formula is C26H32FN5O3. The third-order valence-corrected chi connectivity index (χ3v) is 5.39. The number of halogens is 1. The van der Waals surface area contributed by atoms with Crippen LogP contribution in [0.3, 0.4) is 0 Å². The van der Waals surface area contributed by atoms with Gasteiger partial charge in [-0.05, 0) is 42.2 Å². The number of ether oxygens (including phenoxy) is 1. The number of hydrogen-bond acceptors (Lipinski definition) is 6. The number of hydrogen-bond donors (Lipinski definition) is 2. The molecule has 0 aliphatic carbocycles. The van der Waals surface area contributed by atoms with Gasteiger partial charge in [0.25, 0.3) is 5.91 Å². The number of pyridine rings is 1. The van der Waals surface area contributed by atoms with Crippen LogP contribution in [-0.2, 0) is 16.2 Å². The molecule has 9 heteroatoms. The van der Waals surface area contributed by atoms with E-state index in [0.29, 0.717) is 23.7 Å². The second kappa shape index (κ2) is 11.6. The van der Waals surface area contributed by atoms with E-state index in [0.717, 1.165) is 11.3 Å². The maximum absolute atomic E-state index is 12.8. The van der Waals surface area contributed by atoms with Gasteiger partial charge in [0, 0.05) is 18.3 Å². The van der Waals surface area contributed by atoms with Crippen molar-refractivity contribution in [1.82, 2.24) is 19.9 Å². The molecule has 3 rings (SSSR count). The summed E-state index contributed by atoms with van der Waals surface area (Å²) in [7, 11) is 0. The highest BCUT2D eigenvalue weighted by molar-refractivity contribution is 5.94. The first-order valence-electron chi connectivity index (χ1n) is 11.6. The van der Waals surface area contributed by atoms with E-state index in [2.05, 4.69) is 41.4 Å². The molecule has 1 unspecified atom stereocenters. The average molecular weight is 482 g/mol. The Kier molecular flexibility index (Phi) is 8.57. The summed E-state index contributed by atoms with van der Waals surface area (Å²) in [5.74, 6) is 0.0732. The van der Waals surface area contributed by atoms with Gasteiger partial charge >= 0.3 is 5.97 Å². The zero-order chi connectivity index (χ0) is 25.4. The number of benzene rings is 1. The molecule has 0 radical (unpaired) electrons. The van der Waals surface area contributed by atoms with E-state index < -0.39 is 6.67 Å². The number of imidazole rings is 1. The molecule has 1 amide bonds. The first-order chi connectivity index (χ1) is 16.7. The van der Waals surface area contributed by atoms with Gasteiger partial charge in [0.05, 0.1) is 36.6 Å². The van der Waals surface area contributed by atoms with Gasteiger partial charge in [0.1, 0.15) is 18.8 Å². The second-order valence-corrected chi connectivity index (χ2v) is 9.19. The fourth-order valence-electron chi connectivity index (χ4n) is 3.59. The van der Waals surface area contributed by atoms with Crippen molar-refractivity contribution in [3.05, 3.63) is 71.9 Å². The normalized spacial score (nSPS) is 12.1. The first-order valence-corrected chi connectivity index (χ1v) is 11.6. The lowest BCUT2D eigenvalue weighted by molar-refractivity contribution is -0.142. The average Bonchev–Trinajstić information content (AvgIpc) is 3.32. The van der Waals surface area contributed by atoms with E-state index in [1.807, 2.05) is 24.3 Å². The quantitative estimate of drug-likeness (QED) is 0.410. The van der Waals surface area contributed by atoms with Crippen molar-refractivity contribution in [2.24, 2.45) is 5.41 Å². The predicted octanol–water partition coefficient (Wildman–Crippen LogP) is 4.62. The third kappa shape index (κ3) is 7.11. The largest absolute Gasteiger partial charge is 0.466 e. The molecule has 1 aromatic carbocycles. The highest BCUT2D eigenvalue weighted by Gasteiger charge is 2.26. The number of amides is 1. The molecule has 186 valence electrons. The van der Waals surface area contributed by atoms with Crippen LogP contribution in [-0.4, -0.2) is 39.6 Å². The molecule has 0 saturated carbocycles. The lowest BCUT2D eigenvalue weighted by Gasteiger charge is -2.33. The molecular weight excluding hydrogens is 449 g/mol. The van der Waals surface area contributed by atoms with E-state index in [-0.39, 0.29) is 36.3 Å². The van der Waals surface area contributed by atoms with Crippen LogP contribution in [0, 0.1) is 5.41 Å². The maximum Gasteiger partial charge on any atom is 0.307 e. The number of esters is 1. The van der Waals surface area contributed by atoms with Gasteiger partial charge in [-0.1, -0.05) is 32.9 Å². The minimum Gasteiger partial charge on any atom is -0.466 e. The Bertz CT molecular complexity index is 1120. The summed E-state index contributed by atoms with van der Waals surface area (Å²) in [6.45, 7) is 8.07. The third-order valence-electron chi connectivity index (χ3n) is 5.39. The molecule has 2 heterocycles. The Morgan fingerprint density at radius 2 is 1.86 bits per heavy atom. The fraction of sp³-hybridized carbons (Fsp3) is 0.385. The molecule has 0 fully saturated rings. The highest BCUT2D eigenvalue weighted by Crippen LogP contribution is 2.36. The molecule has 0 aliphatic rings. The molecule has 3 aromatic rings. The van der Waals surface area contributed by atoms with Gasteiger partial charge in [-0.3, -0.25) is 14.2 Å². The Morgan fingerprint density at radius 3 is 2.43 bits per heavy atom. The minimum atomic E-state index is -0.617. The molecule has 0 spiro atoms. The Balaban J connectivity index is 1.67. The van der Waals surface area contributed by atoms with Gasteiger partial charge in [0.15, 0.2) is 0 Å². The lowest BCUT2D eigenvalue weighted by Crippen LogP contribution is -2.27. The fourth-order valence-corrected chi connectivity index (χ4v) is 3.59. The van der Waals surface area contributed by atoms with Crippen molar-refractivity contribution in [1.29, 1.82) is 0 Å². The van der Waals surface area contributed by atoms with Crippen molar-refractivity contribution in [2.75, 3.05) is 18.5 Å². The van der Waals surface area contributed by atoms with Crippen molar-refractivity contribution < 1.29 is 18.7 Å². The topological polar surface area (TPSA) is 98.1 Å². The summed E-state index contributed by atoms with van der Waals surface area (Å²) in [5.41, 5.74) is 2.59. The van der Waals surface area contributed by atoms with E-state index >= 15 is 0 Å². The van der Waals surface area contributed by atoms with Crippen molar-refractivity contribution in [3.63, 3.8) is 0 Å². The Morgan fingerprint density at radius 1 is 1.11 bits per heavy atom. The number of carbonyl (C=O) groups is 2. The summed E-state index contributed by atoms with van der Waals surface area (Å²) in [6.07, 6.45) is 5.02. The van der Waals surface area contributed by atoms with Crippen LogP contribution >= 0.6 is 0 Å². The number of rotatable bonds is 10. The number of aromatic nitrogens is 3. The van der Waals surface area contributed by atoms with Gasteiger partial charge < -0.3 is 15.4 Å². The maximum atomic E-state index is 12.8. The van der Waals surface area contributed by atoms with Crippen LogP contribution in [0.5, 0.6) is 0 Å². The Hall–Kier alpha value is -3.75. The van der Waals surface area contributed by atoms with Crippen LogP contribution in [0.2, 0.25) is 0 Å². The zero-order valence-electron chi connectivity index (χ0n) is 20.5. The summed E-state index contributed by atoms with van der Waals surface area (Å²) < 4.78 is 19.3. The standard InChI is InChI=1S/C26H32FN5O3/c1-5-35-23(33)12-13-28-25(34)19-8-6-18(7-9-19)24(26(2,3)4)31-20-10-11-22(29-15-20)32-16-21(14-27)30-17-32/h6-11,15-17,24,31H,5,12-14H2,1-4H3,(H,28,34). The zero-order valence-corrected chi connectivity index (χ0v) is 20.5. The molecule has 2 N–H and O–H groups in total. The summed E-state index contributed by atoms with van der Waals surface area (Å²) in [6, 6.07) is 11.1. The van der Waals surface area contributed by atoms with E-state index in [4.69, 9.17) is 4.74 Å². The van der Waals surface area contributed by atoms with Crippen LogP contribution < -0.4 is 10.6 Å². The summed E-state index contributed by atoms with van der Waals surface area (Å²) >= 11 is 0. The highest BCUT2D eigenvalue weighted by atomic mass is 19.1. The van der Waals surface area contributed by atoms with Gasteiger partial charge in [-0.25, -0.2) is 14.4 Å². The van der Waals surface area contributed by atoms with Crippen molar-refractivity contribution in [2.45, 2.75) is 46.8 Å². The summed E-state index contributed by atoms with van der Waals surface area (Å²) in [5, 5.41) is 6.28. The van der Waals surface area contributed by atoms with Crippen LogP contribution in [0.4, 0.5) is 10.1 Å². The van der Waals surface area contributed by atoms with Crippen LogP contribution in [0.25, 0.3) is 5.82 Å². The van der Waals surface area contributed by atoms with Gasteiger partial charge in [0.2, 0.25) is 0 Å². The number of nitrogens with zero attached hydrogens (tertiary/aromatic N) is 3. The van der Waals surface area contributed by atoms with Gasteiger partial charge in [-0.15, -0.1) is 0 Å². The molecule has 0 saturated heterocycles. The van der Waals surface area contributed by atoms with Crippen molar-refractivity contribution in [3.8, 4) is 5.82 Å². The van der Waals surface area contributed by atoms with Crippen molar-refractivity contribution >= 4 is 17.6 Å². The molecule has 0 bridgehead atoms. The molecule has 35 heavy (non-hydrogen) atoms. The number of alkyl halides is 1. The SMILES string of the molecule is CCOC(=O)CCNC(=O)c1ccc(C(Nc2ccc(-n3cnc(CF)c3)nc2)C(C)(C)C)cc1. The summed E-state index contributed by atoms with van der Waals surface area (Å²) in [4.78, 5) is 32.3. The molecule has 1 atom stereocenters. The molecule has 2 aromatic heterocycles. The second-order valence-electron chi connectivity index (χ2n) is 9.19. The van der Waals surface area contributed by atoms with E-state index in [1.165, 1.54) is 6.33 Å². The minimum absolute atomic E-state index is 0.0533. The van der Waals surface area contributed by atoms with E-state index in [9.17, 15) is 14.0 Å². The number of anilines is 1. The van der Waals surface area contributed by atoms with Crippen LogP contribution in [0.15, 0.2) is 55.1 Å². The lowest BCUT2D eigenvalue weighted by atomic mass is 9.82.